The van der Waals surface area contributed by atoms with Gasteiger partial charge in [0.15, 0.2) is 0 Å². The maximum Gasteiger partial charge on any atom is 2.00 e. The van der Waals surface area contributed by atoms with Gasteiger partial charge in [0, 0.05) is 0 Å². The van der Waals surface area contributed by atoms with Crippen molar-refractivity contribution in [2.45, 2.75) is 0 Å². The second-order valence-corrected chi connectivity index (χ2v) is 1.34. The van der Waals surface area contributed by atoms with Gasteiger partial charge in [0.1, 0.15) is 4.91 Å². The molecule has 10 nitrogen and oxygen atoms in total. The van der Waals surface area contributed by atoms with Gasteiger partial charge in [-0.1, -0.05) is 11.0 Å². The SMILES string of the molecule is NC(=O)NO[N+](=O)ONC(N)=O.[H-].[H-].[Mg+2]. The molecule has 0 spiro atoms. The first-order valence-corrected chi connectivity index (χ1v) is 2.44. The number of carbonyl (C=O) groups is 2. The van der Waals surface area contributed by atoms with Gasteiger partial charge in [-0.15, -0.1) is 0 Å². The van der Waals surface area contributed by atoms with E-state index in [4.69, 9.17) is 0 Å². The van der Waals surface area contributed by atoms with Crippen LogP contribution in [0.2, 0.25) is 0 Å². The van der Waals surface area contributed by atoms with Gasteiger partial charge in [-0.25, -0.2) is 9.59 Å². The molecule has 0 saturated carbocycles. The molecule has 0 unspecified atom stereocenters. The van der Waals surface area contributed by atoms with E-state index in [1.165, 1.54) is 11.0 Å². The molecule has 4 amide bonds. The first-order valence-electron chi connectivity index (χ1n) is 2.44. The Morgan fingerprint density at radius 2 is 1.46 bits per heavy atom. The molecule has 0 aliphatic rings. The van der Waals surface area contributed by atoms with Gasteiger partial charge in [0.05, 0.1) is 0 Å². The molecule has 0 aromatic heterocycles. The number of carbonyl (C=O) groups excluding carboxylic acids is 2. The van der Waals surface area contributed by atoms with E-state index in [1.54, 1.807) is 0 Å². The zero-order valence-electron chi connectivity index (χ0n) is 8.35. The van der Waals surface area contributed by atoms with Crippen LogP contribution < -0.4 is 22.4 Å². The minimum Gasteiger partial charge on any atom is -1.00 e. The van der Waals surface area contributed by atoms with E-state index >= 15 is 0 Å². The first kappa shape index (κ1) is 14.1. The maximum absolute atomic E-state index is 10.2. The van der Waals surface area contributed by atoms with Gasteiger partial charge in [-0.2, -0.15) is 0 Å². The normalized spacial score (nSPS) is 7.38. The molecule has 0 aliphatic carbocycles. The number of urea groups is 2. The summed E-state index contributed by atoms with van der Waals surface area (Å²) in [6, 6.07) is -2.22. The molecule has 13 heavy (non-hydrogen) atoms. The fraction of sp³-hybridized carbons (Fsp3) is 0. The maximum atomic E-state index is 10.2. The summed E-state index contributed by atoms with van der Waals surface area (Å²) in [5.74, 6) is 0. The first-order chi connectivity index (χ1) is 5.52. The van der Waals surface area contributed by atoms with Crippen LogP contribution in [0.4, 0.5) is 9.59 Å². The van der Waals surface area contributed by atoms with E-state index in [9.17, 15) is 14.5 Å². The van der Waals surface area contributed by atoms with Crippen LogP contribution in [0.5, 0.6) is 0 Å². The monoisotopic (exact) mass is 206 g/mol. The van der Waals surface area contributed by atoms with Gasteiger partial charge in [-0.05, 0) is 9.88 Å². The molecule has 0 fully saturated rings. The Labute approximate surface area is 90.4 Å². The quantitative estimate of drug-likeness (QED) is 0.300. The van der Waals surface area contributed by atoms with Crippen molar-refractivity contribution in [1.82, 2.24) is 11.0 Å². The van der Waals surface area contributed by atoms with Gasteiger partial charge < -0.3 is 14.3 Å². The van der Waals surface area contributed by atoms with Crippen LogP contribution in [0.3, 0.4) is 0 Å². The number of hydrogen-bond acceptors (Lipinski definition) is 5. The van der Waals surface area contributed by atoms with Crippen LogP contribution in [-0.2, 0) is 9.88 Å². The summed E-state index contributed by atoms with van der Waals surface area (Å²) in [7, 11) is 0. The third-order valence-electron chi connectivity index (χ3n) is 0.442. The summed E-state index contributed by atoms with van der Waals surface area (Å²) in [4.78, 5) is 37.4. The Kier molecular flexibility index (Phi) is 7.75. The van der Waals surface area contributed by atoms with Crippen molar-refractivity contribution in [3.8, 4) is 0 Å². The van der Waals surface area contributed by atoms with Crippen LogP contribution in [0.1, 0.15) is 2.85 Å². The van der Waals surface area contributed by atoms with E-state index in [-0.39, 0.29) is 25.9 Å². The number of nitrogens with two attached hydrogens (primary N) is 2. The van der Waals surface area contributed by atoms with E-state index in [2.05, 4.69) is 21.3 Å². The predicted molar refractivity (Wildman–Crippen MR) is 39.2 cm³/mol. The largest absolute Gasteiger partial charge is 2.00 e. The molecule has 0 atom stereocenters. The number of rotatable bonds is 4. The molecule has 0 aliphatic heterocycles. The summed E-state index contributed by atoms with van der Waals surface area (Å²) in [6.07, 6.45) is 0. The van der Waals surface area contributed by atoms with Gasteiger partial charge in [0.25, 0.3) is 0 Å². The number of nitrogens with one attached hydrogen (secondary N) is 2. The number of hydrogen-bond donors (Lipinski definition) is 4. The van der Waals surface area contributed by atoms with Crippen molar-refractivity contribution in [3.05, 3.63) is 4.91 Å². The van der Waals surface area contributed by atoms with Gasteiger partial charge >= 0.3 is 40.2 Å². The van der Waals surface area contributed by atoms with Crippen LogP contribution in [0.15, 0.2) is 0 Å². The zero-order valence-corrected chi connectivity index (χ0v) is 7.76. The Hall–Kier alpha value is -1.49. The molecule has 11 heteroatoms. The van der Waals surface area contributed by atoms with Crippen molar-refractivity contribution in [3.63, 3.8) is 0 Å². The van der Waals surface area contributed by atoms with Gasteiger partial charge in [-0.3, -0.25) is 0 Å². The van der Waals surface area contributed by atoms with E-state index < -0.39 is 17.1 Å². The fourth-order valence-corrected chi connectivity index (χ4v) is 0.183. The molecule has 72 valence electrons. The summed E-state index contributed by atoms with van der Waals surface area (Å²) < 4.78 is 0. The molecular weight excluding hydrogens is 198 g/mol. The van der Waals surface area contributed by atoms with E-state index in [0.29, 0.717) is 0 Å². The molecule has 0 rings (SSSR count). The molecule has 6 N–H and O–H groups in total. The second kappa shape index (κ2) is 7.17. The minimum absolute atomic E-state index is 0. The molecule has 0 aromatic carbocycles. The molecular formula is C2H8MgN5O5+. The van der Waals surface area contributed by atoms with Crippen molar-refractivity contribution in [1.29, 1.82) is 0 Å². The Balaban J connectivity index is -0.000000202. The van der Waals surface area contributed by atoms with E-state index in [1.807, 2.05) is 0 Å². The van der Waals surface area contributed by atoms with Crippen LogP contribution in [-0.4, -0.2) is 40.2 Å². The van der Waals surface area contributed by atoms with Crippen molar-refractivity contribution < 1.29 is 27.4 Å². The van der Waals surface area contributed by atoms with Crippen molar-refractivity contribution >= 4 is 35.1 Å². The number of hydroxylamine groups is 2. The van der Waals surface area contributed by atoms with Crippen molar-refractivity contribution in [2.75, 3.05) is 0 Å². The van der Waals surface area contributed by atoms with E-state index in [0.717, 1.165) is 0 Å². The topological polar surface area (TPSA) is 149 Å². The van der Waals surface area contributed by atoms with Crippen molar-refractivity contribution in [2.24, 2.45) is 11.5 Å². The molecule has 0 bridgehead atoms. The summed E-state index contributed by atoms with van der Waals surface area (Å²) in [5, 5.41) is -0.629. The molecule has 0 heterocycles. The van der Waals surface area contributed by atoms with Crippen LogP contribution in [0, 0.1) is 4.91 Å². The Bertz CT molecular complexity index is 196. The molecule has 0 aromatic rings. The Morgan fingerprint density at radius 3 is 1.69 bits per heavy atom. The average molecular weight is 206 g/mol. The van der Waals surface area contributed by atoms with Crippen LogP contribution >= 0.6 is 0 Å². The minimum atomic E-state index is -1.11. The average Bonchev–Trinajstić information content (AvgIpc) is 1.96. The summed E-state index contributed by atoms with van der Waals surface area (Å²) in [5.41, 5.74) is 11.8. The molecule has 0 radical (unpaired) electrons. The number of nitrogens with zero attached hydrogens (tertiary/aromatic N) is 1. The van der Waals surface area contributed by atoms with Gasteiger partial charge in [0.2, 0.25) is 0 Å². The Morgan fingerprint density at radius 1 is 1.15 bits per heavy atom. The third-order valence-corrected chi connectivity index (χ3v) is 0.442. The zero-order chi connectivity index (χ0) is 9.56. The number of amides is 4. The second-order valence-electron chi connectivity index (χ2n) is 1.34. The smallest absolute Gasteiger partial charge is 1.00 e. The van der Waals surface area contributed by atoms with Crippen LogP contribution in [0.25, 0.3) is 0 Å². The fourth-order valence-electron chi connectivity index (χ4n) is 0.183. The molecule has 0 saturated heterocycles. The summed E-state index contributed by atoms with van der Waals surface area (Å²) >= 11 is 0. The standard InChI is InChI=1S/C2H5N5O5.Mg.2H/c3-1(8)5-11-7(10)12-6-2(4)9;;;/h(H5-,3,4,5,6,8,9);;;/q;+2;2*-1/p+1. The summed E-state index contributed by atoms with van der Waals surface area (Å²) in [6.45, 7) is 0. The number of primary amides is 2. The predicted octanol–water partition coefficient (Wildman–Crippen LogP) is -2.36. The third kappa shape index (κ3) is 10.5.